The molecular formula is C55H38N2. The summed E-state index contributed by atoms with van der Waals surface area (Å²) in [5.74, 6) is 0. The summed E-state index contributed by atoms with van der Waals surface area (Å²) < 4.78 is 0. The van der Waals surface area contributed by atoms with Gasteiger partial charge in [0.1, 0.15) is 0 Å². The molecule has 2 nitrogen and oxygen atoms in total. The zero-order valence-electron chi connectivity index (χ0n) is 31.3. The Morgan fingerprint density at radius 1 is 0.246 bits per heavy atom. The largest absolute Gasteiger partial charge is 0.311 e. The molecule has 1 spiro atoms. The van der Waals surface area contributed by atoms with Crippen LogP contribution in [0.3, 0.4) is 0 Å². The van der Waals surface area contributed by atoms with Crippen LogP contribution in [0.5, 0.6) is 0 Å². The molecule has 0 aromatic heterocycles. The third-order valence-corrected chi connectivity index (χ3v) is 11.9. The van der Waals surface area contributed by atoms with Gasteiger partial charge in [-0.25, -0.2) is 0 Å². The fraction of sp³-hybridized carbons (Fsp3) is 0.0182. The van der Waals surface area contributed by atoms with Crippen molar-refractivity contribution >= 4 is 34.1 Å². The molecule has 2 heteroatoms. The van der Waals surface area contributed by atoms with Gasteiger partial charge in [-0.1, -0.05) is 158 Å². The van der Waals surface area contributed by atoms with Crippen molar-refractivity contribution in [3.8, 4) is 33.4 Å². The number of fused-ring (bicyclic) bond motifs is 10. The average Bonchev–Trinajstić information content (AvgIpc) is 3.76. The molecule has 0 heterocycles. The number of hydrogen-bond donors (Lipinski definition) is 0. The van der Waals surface area contributed by atoms with E-state index in [9.17, 15) is 0 Å². The van der Waals surface area contributed by atoms with E-state index >= 15 is 0 Å². The topological polar surface area (TPSA) is 6.48 Å². The van der Waals surface area contributed by atoms with E-state index in [0.717, 1.165) is 34.1 Å². The van der Waals surface area contributed by atoms with Crippen LogP contribution in [-0.2, 0) is 5.41 Å². The molecule has 0 bridgehead atoms. The molecule has 0 saturated heterocycles. The Morgan fingerprint density at radius 3 is 1.09 bits per heavy atom. The molecule has 0 unspecified atom stereocenters. The van der Waals surface area contributed by atoms with E-state index in [4.69, 9.17) is 0 Å². The Kier molecular flexibility index (Phi) is 7.75. The van der Waals surface area contributed by atoms with Crippen molar-refractivity contribution in [1.82, 2.24) is 0 Å². The van der Waals surface area contributed by atoms with E-state index in [-0.39, 0.29) is 0 Å². The Bertz CT molecular complexity index is 2800. The maximum Gasteiger partial charge on any atom is 0.0725 e. The lowest BCUT2D eigenvalue weighted by atomic mass is 9.70. The molecule has 0 atom stereocenters. The minimum absolute atomic E-state index is 0.400. The Hall–Kier alpha value is -7.42. The third-order valence-electron chi connectivity index (χ3n) is 11.9. The first-order valence-corrected chi connectivity index (χ1v) is 19.7. The zero-order chi connectivity index (χ0) is 37.8. The number of benzene rings is 9. The van der Waals surface area contributed by atoms with Crippen molar-refractivity contribution in [2.24, 2.45) is 0 Å². The second kappa shape index (κ2) is 13.4. The van der Waals surface area contributed by atoms with Gasteiger partial charge < -0.3 is 9.80 Å². The maximum absolute atomic E-state index is 2.48. The van der Waals surface area contributed by atoms with Crippen molar-refractivity contribution in [1.29, 1.82) is 0 Å². The first kappa shape index (κ1) is 33.0. The molecule has 9 aromatic rings. The number of rotatable bonds is 7. The molecule has 11 rings (SSSR count). The summed E-state index contributed by atoms with van der Waals surface area (Å²) >= 11 is 0. The number of hydrogen-bond acceptors (Lipinski definition) is 2. The van der Waals surface area contributed by atoms with Crippen molar-refractivity contribution in [2.45, 2.75) is 5.41 Å². The van der Waals surface area contributed by atoms with Gasteiger partial charge in [-0.2, -0.15) is 0 Å². The van der Waals surface area contributed by atoms with Crippen molar-refractivity contribution in [3.05, 3.63) is 253 Å². The van der Waals surface area contributed by atoms with Gasteiger partial charge in [0, 0.05) is 34.0 Å². The Morgan fingerprint density at radius 2 is 0.596 bits per heavy atom. The smallest absolute Gasteiger partial charge is 0.0725 e. The highest BCUT2D eigenvalue weighted by atomic mass is 15.2. The Balaban J connectivity index is 1.08. The summed E-state index contributed by atoms with van der Waals surface area (Å²) in [6, 6.07) is 84.0. The van der Waals surface area contributed by atoms with Crippen LogP contribution >= 0.6 is 0 Å². The lowest BCUT2D eigenvalue weighted by molar-refractivity contribution is 0.794. The first-order chi connectivity index (χ1) is 28.3. The SMILES string of the molecule is c1ccc(N(c2ccccc2)c2ccc(N(c3ccccc3)c3ccccc3-c3ccc4c(c3)C3(c5ccccc5-c5ccccc53)c3ccccc3-4)cc2)cc1. The van der Waals surface area contributed by atoms with E-state index in [1.165, 1.54) is 55.6 Å². The van der Waals surface area contributed by atoms with Crippen LogP contribution < -0.4 is 9.80 Å². The summed E-state index contributed by atoms with van der Waals surface area (Å²) in [6.45, 7) is 0. The van der Waals surface area contributed by atoms with Crippen molar-refractivity contribution in [2.75, 3.05) is 9.80 Å². The monoisotopic (exact) mass is 726 g/mol. The molecule has 0 fully saturated rings. The molecule has 0 amide bonds. The molecule has 2 aliphatic carbocycles. The lowest BCUT2D eigenvalue weighted by Crippen LogP contribution is -2.25. The first-order valence-electron chi connectivity index (χ1n) is 19.7. The summed E-state index contributed by atoms with van der Waals surface area (Å²) in [6.07, 6.45) is 0. The quantitative estimate of drug-likeness (QED) is 0.161. The molecule has 57 heavy (non-hydrogen) atoms. The molecule has 0 radical (unpaired) electrons. The van der Waals surface area contributed by atoms with Crippen LogP contribution in [0.2, 0.25) is 0 Å². The Labute approximate surface area is 334 Å². The molecule has 268 valence electrons. The highest BCUT2D eigenvalue weighted by Gasteiger charge is 2.51. The highest BCUT2D eigenvalue weighted by molar-refractivity contribution is 5.97. The predicted molar refractivity (Wildman–Crippen MR) is 238 cm³/mol. The molecule has 2 aliphatic rings. The van der Waals surface area contributed by atoms with Gasteiger partial charge in [-0.05, 0) is 123 Å². The summed E-state index contributed by atoms with van der Waals surface area (Å²) in [5, 5.41) is 0. The molecule has 9 aromatic carbocycles. The molecular weight excluding hydrogens is 689 g/mol. The second-order valence-electron chi connectivity index (χ2n) is 14.9. The highest BCUT2D eigenvalue weighted by Crippen LogP contribution is 2.63. The fourth-order valence-electron chi connectivity index (χ4n) is 9.53. The van der Waals surface area contributed by atoms with E-state index in [2.05, 4.69) is 240 Å². The minimum atomic E-state index is -0.400. The minimum Gasteiger partial charge on any atom is -0.311 e. The number of anilines is 6. The van der Waals surface area contributed by atoms with Crippen molar-refractivity contribution < 1.29 is 0 Å². The van der Waals surface area contributed by atoms with Gasteiger partial charge in [0.15, 0.2) is 0 Å². The standard InChI is InChI=1S/C55H38N2/c1-4-18-40(19-5-1)56(41-20-6-2-7-21-41)43-33-35-44(36-34-43)57(42-22-8-3-9-23-42)54-31-17-13-24-45(54)39-32-37-49-48-27-12-16-30-52(48)55(53(49)38-39)50-28-14-10-25-46(50)47-26-11-15-29-51(47)55/h1-38H. The van der Waals surface area contributed by atoms with Crippen LogP contribution in [-0.4, -0.2) is 0 Å². The normalized spacial score (nSPS) is 12.7. The van der Waals surface area contributed by atoms with Crippen LogP contribution in [0.15, 0.2) is 231 Å². The third kappa shape index (κ3) is 5.11. The van der Waals surface area contributed by atoms with Crippen LogP contribution in [0.4, 0.5) is 34.1 Å². The van der Waals surface area contributed by atoms with Gasteiger partial charge in [-0.15, -0.1) is 0 Å². The van der Waals surface area contributed by atoms with Crippen LogP contribution in [0.1, 0.15) is 22.3 Å². The molecule has 0 N–H and O–H groups in total. The van der Waals surface area contributed by atoms with Gasteiger partial charge >= 0.3 is 0 Å². The second-order valence-corrected chi connectivity index (χ2v) is 14.9. The lowest BCUT2D eigenvalue weighted by Gasteiger charge is -2.31. The van der Waals surface area contributed by atoms with Gasteiger partial charge in [0.05, 0.1) is 11.1 Å². The van der Waals surface area contributed by atoms with Gasteiger partial charge in [-0.3, -0.25) is 0 Å². The molecule has 0 aliphatic heterocycles. The summed E-state index contributed by atoms with van der Waals surface area (Å²) in [4.78, 5) is 4.70. The summed E-state index contributed by atoms with van der Waals surface area (Å²) in [5.41, 5.74) is 19.3. The van der Waals surface area contributed by atoms with E-state index < -0.39 is 5.41 Å². The number of nitrogens with zero attached hydrogens (tertiary/aromatic N) is 2. The van der Waals surface area contributed by atoms with Gasteiger partial charge in [0.25, 0.3) is 0 Å². The maximum atomic E-state index is 2.48. The zero-order valence-corrected chi connectivity index (χ0v) is 31.3. The van der Waals surface area contributed by atoms with E-state index in [0.29, 0.717) is 0 Å². The van der Waals surface area contributed by atoms with Crippen molar-refractivity contribution in [3.63, 3.8) is 0 Å². The van der Waals surface area contributed by atoms with Gasteiger partial charge in [0.2, 0.25) is 0 Å². The van der Waals surface area contributed by atoms with Crippen LogP contribution in [0, 0.1) is 0 Å². The average molecular weight is 727 g/mol. The summed E-state index contributed by atoms with van der Waals surface area (Å²) in [7, 11) is 0. The van der Waals surface area contributed by atoms with E-state index in [1.807, 2.05) is 0 Å². The number of para-hydroxylation sites is 4. The predicted octanol–water partition coefficient (Wildman–Crippen LogP) is 14.6. The van der Waals surface area contributed by atoms with Crippen LogP contribution in [0.25, 0.3) is 33.4 Å². The molecule has 0 saturated carbocycles. The fourth-order valence-corrected chi connectivity index (χ4v) is 9.53. The van der Waals surface area contributed by atoms with E-state index in [1.54, 1.807) is 0 Å².